The van der Waals surface area contributed by atoms with Crippen LogP contribution in [0.1, 0.15) is 51.1 Å². The first-order valence-electron chi connectivity index (χ1n) is 10.2. The molecule has 0 amide bonds. The maximum atomic E-state index is 13.3. The van der Waals surface area contributed by atoms with Crippen LogP contribution in [0, 0.1) is 17.8 Å². The molecule has 0 bridgehead atoms. The van der Waals surface area contributed by atoms with Gasteiger partial charge in [-0.05, 0) is 18.4 Å². The molecule has 4 heteroatoms. The van der Waals surface area contributed by atoms with Gasteiger partial charge in [0, 0.05) is 11.1 Å². The fraction of sp³-hybridized carbons (Fsp3) is 0.280. The molecule has 0 spiro atoms. The Balaban J connectivity index is 2.26. The van der Waals surface area contributed by atoms with E-state index < -0.39 is 0 Å². The van der Waals surface area contributed by atoms with Gasteiger partial charge in [-0.2, -0.15) is 10.4 Å². The van der Waals surface area contributed by atoms with E-state index in [4.69, 9.17) is 5.10 Å². The number of rotatable bonds is 8. The van der Waals surface area contributed by atoms with Crippen LogP contribution in [0.5, 0.6) is 0 Å². The fourth-order valence-corrected chi connectivity index (χ4v) is 3.59. The summed E-state index contributed by atoms with van der Waals surface area (Å²) in [5, 5.41) is 14.7. The van der Waals surface area contributed by atoms with Crippen LogP contribution in [0.3, 0.4) is 0 Å². The second-order valence-electron chi connectivity index (χ2n) is 7.09. The van der Waals surface area contributed by atoms with E-state index in [9.17, 15) is 10.1 Å². The summed E-state index contributed by atoms with van der Waals surface area (Å²) in [4.78, 5) is 13.3. The molecular weight excluding hydrogens is 358 g/mol. The standard InChI is InChI=1S/C25H26N3O/c1-3-5-8-17-21(4-2)28-25(29)22(18-26)23(19-13-9-6-10-14-19)24(27-28)20-15-11-7-12-16-20/h4,6-7,9-16,21H,3,5,8,17H2,1-2H3. The fourth-order valence-electron chi connectivity index (χ4n) is 3.59. The molecule has 1 unspecified atom stereocenters. The monoisotopic (exact) mass is 384 g/mol. The van der Waals surface area contributed by atoms with Gasteiger partial charge >= 0.3 is 0 Å². The SMILES string of the molecule is C[CH]C(CCCCC)n1nc(-c2ccccc2)c(-c2ccccc2)c(C#N)c1=O. The summed E-state index contributed by atoms with van der Waals surface area (Å²) in [6, 6.07) is 21.4. The number of benzene rings is 2. The molecule has 0 saturated carbocycles. The Morgan fingerprint density at radius 2 is 1.66 bits per heavy atom. The summed E-state index contributed by atoms with van der Waals surface area (Å²) < 4.78 is 1.50. The van der Waals surface area contributed by atoms with E-state index in [1.165, 1.54) is 4.68 Å². The van der Waals surface area contributed by atoms with Gasteiger partial charge in [-0.15, -0.1) is 0 Å². The molecule has 3 aromatic rings. The first-order chi connectivity index (χ1) is 14.2. The van der Waals surface area contributed by atoms with Crippen molar-refractivity contribution in [1.29, 1.82) is 5.26 Å². The molecule has 3 rings (SSSR count). The van der Waals surface area contributed by atoms with Crippen LogP contribution >= 0.6 is 0 Å². The Morgan fingerprint density at radius 1 is 1.03 bits per heavy atom. The number of aromatic nitrogens is 2. The summed E-state index contributed by atoms with van der Waals surface area (Å²) in [5.74, 6) is 0. The maximum Gasteiger partial charge on any atom is 0.285 e. The molecule has 147 valence electrons. The van der Waals surface area contributed by atoms with Crippen molar-refractivity contribution in [3.05, 3.63) is 83.0 Å². The van der Waals surface area contributed by atoms with Crippen molar-refractivity contribution in [2.45, 2.75) is 45.6 Å². The lowest BCUT2D eigenvalue weighted by molar-refractivity contribution is 0.436. The van der Waals surface area contributed by atoms with Crippen LogP contribution in [0.2, 0.25) is 0 Å². The highest BCUT2D eigenvalue weighted by molar-refractivity contribution is 5.84. The van der Waals surface area contributed by atoms with Crippen molar-refractivity contribution in [3.63, 3.8) is 0 Å². The zero-order valence-electron chi connectivity index (χ0n) is 17.0. The Bertz CT molecular complexity index is 1030. The molecule has 4 nitrogen and oxygen atoms in total. The number of unbranched alkanes of at least 4 members (excludes halogenated alkanes) is 2. The van der Waals surface area contributed by atoms with Crippen LogP contribution in [0.4, 0.5) is 0 Å². The van der Waals surface area contributed by atoms with Crippen molar-refractivity contribution in [2.24, 2.45) is 0 Å². The topological polar surface area (TPSA) is 58.7 Å². The number of hydrogen-bond donors (Lipinski definition) is 0. The lowest BCUT2D eigenvalue weighted by atomic mass is 9.95. The first kappa shape index (κ1) is 20.5. The maximum absolute atomic E-state index is 13.3. The minimum absolute atomic E-state index is 0.131. The van der Waals surface area contributed by atoms with Crippen LogP contribution in [0.15, 0.2) is 65.5 Å². The van der Waals surface area contributed by atoms with Crippen molar-refractivity contribution < 1.29 is 0 Å². The van der Waals surface area contributed by atoms with E-state index in [1.54, 1.807) is 0 Å². The minimum Gasteiger partial charge on any atom is -0.266 e. The summed E-state index contributed by atoms with van der Waals surface area (Å²) in [5.41, 5.74) is 2.79. The van der Waals surface area contributed by atoms with Crippen molar-refractivity contribution >= 4 is 0 Å². The largest absolute Gasteiger partial charge is 0.285 e. The molecule has 2 aromatic carbocycles. The van der Waals surface area contributed by atoms with Crippen molar-refractivity contribution in [3.8, 4) is 28.5 Å². The predicted octanol–water partition coefficient (Wildman–Crippen LogP) is 5.79. The molecule has 0 N–H and O–H groups in total. The minimum atomic E-state index is -0.328. The normalized spacial score (nSPS) is 11.8. The molecule has 0 saturated heterocycles. The van der Waals surface area contributed by atoms with Crippen LogP contribution in [-0.4, -0.2) is 9.78 Å². The lowest BCUT2D eigenvalue weighted by Crippen LogP contribution is -2.30. The van der Waals surface area contributed by atoms with Gasteiger partial charge in [0.05, 0.1) is 6.04 Å². The summed E-state index contributed by atoms with van der Waals surface area (Å²) in [6.45, 7) is 4.11. The van der Waals surface area contributed by atoms with Gasteiger partial charge in [0.2, 0.25) is 0 Å². The van der Waals surface area contributed by atoms with Gasteiger partial charge in [-0.25, -0.2) is 4.68 Å². The van der Waals surface area contributed by atoms with Crippen LogP contribution in [-0.2, 0) is 0 Å². The zero-order valence-corrected chi connectivity index (χ0v) is 17.0. The van der Waals surface area contributed by atoms with Gasteiger partial charge in [0.1, 0.15) is 17.3 Å². The zero-order chi connectivity index (χ0) is 20.6. The highest BCUT2D eigenvalue weighted by Crippen LogP contribution is 2.32. The van der Waals surface area contributed by atoms with Gasteiger partial charge in [-0.1, -0.05) is 93.8 Å². The third-order valence-electron chi connectivity index (χ3n) is 5.14. The number of nitriles is 1. The lowest BCUT2D eigenvalue weighted by Gasteiger charge is -2.20. The average molecular weight is 385 g/mol. The van der Waals surface area contributed by atoms with Gasteiger partial charge in [-0.3, -0.25) is 4.79 Å². The van der Waals surface area contributed by atoms with E-state index in [2.05, 4.69) is 13.0 Å². The van der Waals surface area contributed by atoms with Crippen LogP contribution in [0.25, 0.3) is 22.4 Å². The first-order valence-corrected chi connectivity index (χ1v) is 10.2. The predicted molar refractivity (Wildman–Crippen MR) is 117 cm³/mol. The Hall–Kier alpha value is -3.19. The molecule has 0 aliphatic carbocycles. The third-order valence-corrected chi connectivity index (χ3v) is 5.14. The van der Waals surface area contributed by atoms with Gasteiger partial charge in [0.25, 0.3) is 5.56 Å². The smallest absolute Gasteiger partial charge is 0.266 e. The number of hydrogen-bond acceptors (Lipinski definition) is 3. The highest BCUT2D eigenvalue weighted by Gasteiger charge is 2.23. The molecule has 29 heavy (non-hydrogen) atoms. The number of nitrogens with zero attached hydrogens (tertiary/aromatic N) is 3. The second kappa shape index (κ2) is 9.84. The summed E-state index contributed by atoms with van der Waals surface area (Å²) in [6.07, 6.45) is 6.08. The second-order valence-corrected chi connectivity index (χ2v) is 7.09. The van der Waals surface area contributed by atoms with E-state index in [-0.39, 0.29) is 17.2 Å². The summed E-state index contributed by atoms with van der Waals surface area (Å²) >= 11 is 0. The third kappa shape index (κ3) is 4.46. The molecule has 1 atom stereocenters. The van der Waals surface area contributed by atoms with Gasteiger partial charge in [0.15, 0.2) is 0 Å². The summed E-state index contributed by atoms with van der Waals surface area (Å²) in [7, 11) is 0. The van der Waals surface area contributed by atoms with Crippen LogP contribution < -0.4 is 5.56 Å². The quantitative estimate of drug-likeness (QED) is 0.462. The molecule has 0 fully saturated rings. The van der Waals surface area contributed by atoms with E-state index >= 15 is 0 Å². The van der Waals surface area contributed by atoms with Gasteiger partial charge < -0.3 is 0 Å². The van der Waals surface area contributed by atoms with Crippen molar-refractivity contribution in [2.75, 3.05) is 0 Å². The Morgan fingerprint density at radius 3 is 2.21 bits per heavy atom. The average Bonchev–Trinajstić information content (AvgIpc) is 2.78. The molecular formula is C25H26N3O. The molecule has 0 aliphatic heterocycles. The molecule has 1 heterocycles. The van der Waals surface area contributed by atoms with Crippen molar-refractivity contribution in [1.82, 2.24) is 9.78 Å². The van der Waals surface area contributed by atoms with E-state index in [0.29, 0.717) is 11.3 Å². The highest BCUT2D eigenvalue weighted by atomic mass is 16.1. The van der Waals surface area contributed by atoms with E-state index in [0.717, 1.165) is 36.8 Å². The molecule has 0 aliphatic rings. The van der Waals surface area contributed by atoms with E-state index in [1.807, 2.05) is 74.0 Å². The Labute approximate surface area is 172 Å². The molecule has 1 radical (unpaired) electrons. The Kier molecular flexibility index (Phi) is 6.97. The molecule has 1 aromatic heterocycles.